The first-order valence-corrected chi connectivity index (χ1v) is 1.60. The number of hydrogen-bond donors (Lipinski definition) is 3. The predicted octanol–water partition coefficient (Wildman–Crippen LogP) is -1.04. The van der Waals surface area contributed by atoms with Gasteiger partial charge in [-0.2, -0.15) is 10.6 Å². The lowest BCUT2D eigenvalue weighted by Crippen LogP contribution is -2.33. The van der Waals surface area contributed by atoms with Crippen LogP contribution in [0.1, 0.15) is 6.92 Å². The quantitative estimate of drug-likeness (QED) is 0.229. The molecule has 0 aromatic carbocycles. The van der Waals surface area contributed by atoms with Crippen LogP contribution in [0.5, 0.6) is 0 Å². The van der Waals surface area contributed by atoms with E-state index < -0.39 is 0 Å². The van der Waals surface area contributed by atoms with Crippen LogP contribution in [0, 0.1) is 0 Å². The summed E-state index contributed by atoms with van der Waals surface area (Å²) in [6.07, 6.45) is 1.58. The molecule has 4 heteroatoms. The summed E-state index contributed by atoms with van der Waals surface area (Å²) < 4.78 is 0. The maximum Gasteiger partial charge on any atom is 0.0227 e. The molecule has 0 aromatic rings. The zero-order valence-corrected chi connectivity index (χ0v) is 3.60. The average molecular weight is 88.1 g/mol. The molecular formula is C2H8N4. The first kappa shape index (κ1) is 5.39. The van der Waals surface area contributed by atoms with E-state index in [1.165, 1.54) is 0 Å². The van der Waals surface area contributed by atoms with E-state index in [4.69, 9.17) is 5.84 Å². The molecule has 0 heterocycles. The Morgan fingerprint density at radius 2 is 2.50 bits per heavy atom. The summed E-state index contributed by atoms with van der Waals surface area (Å²) in [5, 5.41) is 3.48. The van der Waals surface area contributed by atoms with Gasteiger partial charge in [0.15, 0.2) is 0 Å². The normalized spacial score (nSPS) is 9.67. The lowest BCUT2D eigenvalue weighted by atomic mass is 10.9. The van der Waals surface area contributed by atoms with Gasteiger partial charge in [0.05, 0.1) is 0 Å². The van der Waals surface area contributed by atoms with E-state index in [2.05, 4.69) is 16.2 Å². The topological polar surface area (TPSA) is 62.4 Å². The van der Waals surface area contributed by atoms with Gasteiger partial charge in [0, 0.05) is 6.21 Å². The molecule has 0 aliphatic heterocycles. The van der Waals surface area contributed by atoms with Gasteiger partial charge in [-0.25, -0.2) is 5.53 Å². The fraction of sp³-hybridized carbons (Fsp3) is 0.500. The Bertz CT molecular complexity index is 40.8. The van der Waals surface area contributed by atoms with Gasteiger partial charge >= 0.3 is 0 Å². The van der Waals surface area contributed by atoms with Crippen molar-refractivity contribution in [3.8, 4) is 0 Å². The van der Waals surface area contributed by atoms with Crippen molar-refractivity contribution in [3.05, 3.63) is 0 Å². The van der Waals surface area contributed by atoms with Gasteiger partial charge in [0.2, 0.25) is 0 Å². The van der Waals surface area contributed by atoms with E-state index in [-0.39, 0.29) is 0 Å². The van der Waals surface area contributed by atoms with E-state index in [1.54, 1.807) is 13.1 Å². The summed E-state index contributed by atoms with van der Waals surface area (Å²) >= 11 is 0. The number of nitrogens with two attached hydrogens (primary N) is 1. The van der Waals surface area contributed by atoms with E-state index in [9.17, 15) is 0 Å². The van der Waals surface area contributed by atoms with E-state index in [0.29, 0.717) is 0 Å². The van der Waals surface area contributed by atoms with Crippen molar-refractivity contribution in [1.82, 2.24) is 11.1 Å². The highest BCUT2D eigenvalue weighted by Gasteiger charge is 1.54. The molecule has 6 heavy (non-hydrogen) atoms. The molecule has 0 amide bonds. The van der Waals surface area contributed by atoms with Crippen molar-refractivity contribution in [1.29, 1.82) is 0 Å². The Kier molecular flexibility index (Phi) is 3.94. The zero-order valence-electron chi connectivity index (χ0n) is 3.60. The number of hydrazine groups is 2. The van der Waals surface area contributed by atoms with Crippen LogP contribution < -0.4 is 16.9 Å². The molecule has 0 bridgehead atoms. The van der Waals surface area contributed by atoms with Crippen LogP contribution in [0.15, 0.2) is 5.10 Å². The van der Waals surface area contributed by atoms with Crippen LogP contribution in [-0.4, -0.2) is 6.21 Å². The average Bonchev–Trinajstić information content (AvgIpc) is 1.61. The van der Waals surface area contributed by atoms with Crippen molar-refractivity contribution >= 4 is 6.21 Å². The highest BCUT2D eigenvalue weighted by atomic mass is 15.6. The Hall–Kier alpha value is -0.610. The maximum atomic E-state index is 4.74. The summed E-state index contributed by atoms with van der Waals surface area (Å²) in [4.78, 5) is 0. The van der Waals surface area contributed by atoms with Gasteiger partial charge < -0.3 is 0 Å². The molecule has 0 saturated carbocycles. The van der Waals surface area contributed by atoms with Gasteiger partial charge in [-0.05, 0) is 6.92 Å². The SMILES string of the molecule is C/C=N\NNN. The van der Waals surface area contributed by atoms with Gasteiger partial charge in [0.1, 0.15) is 0 Å². The fourth-order valence-electron chi connectivity index (χ4n) is 0.102. The van der Waals surface area contributed by atoms with E-state index >= 15 is 0 Å². The molecule has 0 radical (unpaired) electrons. The third kappa shape index (κ3) is 3.39. The molecule has 0 rings (SSSR count). The summed E-state index contributed by atoms with van der Waals surface area (Å²) in [5.74, 6) is 4.74. The summed E-state index contributed by atoms with van der Waals surface area (Å²) in [5.41, 5.74) is 4.42. The highest BCUT2D eigenvalue weighted by molar-refractivity contribution is 5.52. The van der Waals surface area contributed by atoms with E-state index in [1.807, 2.05) is 0 Å². The minimum Gasteiger partial charge on any atom is -0.252 e. The molecule has 0 fully saturated rings. The third-order valence-corrected chi connectivity index (χ3v) is 0.258. The summed E-state index contributed by atoms with van der Waals surface area (Å²) in [7, 11) is 0. The molecule has 0 atom stereocenters. The van der Waals surface area contributed by atoms with Crippen LogP contribution in [0.4, 0.5) is 0 Å². The zero-order chi connectivity index (χ0) is 4.83. The first-order chi connectivity index (χ1) is 2.91. The molecule has 0 saturated heterocycles. The number of rotatable bonds is 2. The van der Waals surface area contributed by atoms with Crippen LogP contribution in [0.25, 0.3) is 0 Å². The molecule has 0 aliphatic carbocycles. The maximum absolute atomic E-state index is 4.74. The second kappa shape index (κ2) is 4.39. The number of nitrogens with zero attached hydrogens (tertiary/aromatic N) is 1. The second-order valence-corrected chi connectivity index (χ2v) is 0.643. The Morgan fingerprint density at radius 3 is 2.67 bits per heavy atom. The molecule has 0 aromatic heterocycles. The minimum absolute atomic E-state index is 1.58. The Balaban J connectivity index is 2.66. The lowest BCUT2D eigenvalue weighted by Gasteiger charge is -1.88. The Labute approximate surface area is 36.3 Å². The standard InChI is InChI=1S/C2H8N4/c1-2-4-6-5-3/h2,5-6H,3H2,1H3/b4-2-. The van der Waals surface area contributed by atoms with Crippen molar-refractivity contribution in [2.45, 2.75) is 6.92 Å². The molecular weight excluding hydrogens is 80.0 g/mol. The van der Waals surface area contributed by atoms with Crippen LogP contribution in [0.2, 0.25) is 0 Å². The molecule has 4 N–H and O–H groups in total. The van der Waals surface area contributed by atoms with Gasteiger partial charge in [0.25, 0.3) is 0 Å². The fourth-order valence-corrected chi connectivity index (χ4v) is 0.102. The smallest absolute Gasteiger partial charge is 0.0227 e. The number of nitrogens with one attached hydrogen (secondary N) is 2. The molecule has 0 unspecified atom stereocenters. The van der Waals surface area contributed by atoms with Crippen molar-refractivity contribution in [3.63, 3.8) is 0 Å². The Morgan fingerprint density at radius 1 is 1.83 bits per heavy atom. The molecule has 4 nitrogen and oxygen atoms in total. The van der Waals surface area contributed by atoms with Crippen molar-refractivity contribution in [2.24, 2.45) is 10.9 Å². The third-order valence-electron chi connectivity index (χ3n) is 0.258. The van der Waals surface area contributed by atoms with E-state index in [0.717, 1.165) is 0 Å². The minimum atomic E-state index is 1.58. The molecule has 36 valence electrons. The lowest BCUT2D eigenvalue weighted by molar-refractivity contribution is 0.584. The second-order valence-electron chi connectivity index (χ2n) is 0.643. The van der Waals surface area contributed by atoms with Crippen molar-refractivity contribution in [2.75, 3.05) is 0 Å². The molecule has 0 aliphatic rings. The largest absolute Gasteiger partial charge is 0.252 e. The number of hydrazone groups is 1. The highest BCUT2D eigenvalue weighted by Crippen LogP contribution is 1.41. The number of hydrogen-bond acceptors (Lipinski definition) is 4. The summed E-state index contributed by atoms with van der Waals surface area (Å²) in [6, 6.07) is 0. The van der Waals surface area contributed by atoms with Crippen LogP contribution in [-0.2, 0) is 0 Å². The summed E-state index contributed by atoms with van der Waals surface area (Å²) in [6.45, 7) is 1.78. The van der Waals surface area contributed by atoms with Crippen LogP contribution >= 0.6 is 0 Å². The van der Waals surface area contributed by atoms with Crippen molar-refractivity contribution < 1.29 is 0 Å². The monoisotopic (exact) mass is 88.1 g/mol. The van der Waals surface area contributed by atoms with Gasteiger partial charge in [-0.3, -0.25) is 5.84 Å². The predicted molar refractivity (Wildman–Crippen MR) is 24.6 cm³/mol. The van der Waals surface area contributed by atoms with Gasteiger partial charge in [-0.1, -0.05) is 0 Å². The molecule has 0 spiro atoms. The first-order valence-electron chi connectivity index (χ1n) is 1.60. The van der Waals surface area contributed by atoms with Crippen LogP contribution in [0.3, 0.4) is 0 Å². The van der Waals surface area contributed by atoms with Gasteiger partial charge in [-0.15, -0.1) is 0 Å².